The number of imidazole rings is 1. The Morgan fingerprint density at radius 2 is 1.71 bits per heavy atom. The standard InChI is InChI=1S/C15H11F3N2O/c16-10-3-1-9(2-4-10)15(21)7-20-8-19-13-5-11(17)12(18)6-14(13)20/h1-6,8,15,21H,7H2/t15-/m1/s1. The van der Waals surface area contributed by atoms with Crippen LogP contribution in [-0.4, -0.2) is 14.7 Å². The molecule has 3 rings (SSSR count). The highest BCUT2D eigenvalue weighted by Crippen LogP contribution is 2.21. The number of nitrogens with zero attached hydrogens (tertiary/aromatic N) is 2. The molecule has 3 aromatic rings. The van der Waals surface area contributed by atoms with Crippen LogP contribution in [0.15, 0.2) is 42.7 Å². The van der Waals surface area contributed by atoms with Crippen LogP contribution in [0, 0.1) is 17.5 Å². The van der Waals surface area contributed by atoms with Crippen LogP contribution >= 0.6 is 0 Å². The summed E-state index contributed by atoms with van der Waals surface area (Å²) in [6, 6.07) is 7.48. The molecule has 0 aliphatic rings. The lowest BCUT2D eigenvalue weighted by Gasteiger charge is -2.12. The molecule has 1 atom stereocenters. The van der Waals surface area contributed by atoms with E-state index in [1.807, 2.05) is 0 Å². The van der Waals surface area contributed by atoms with Crippen molar-refractivity contribution in [3.8, 4) is 0 Å². The molecule has 0 aliphatic heterocycles. The van der Waals surface area contributed by atoms with E-state index in [0.29, 0.717) is 16.6 Å². The van der Waals surface area contributed by atoms with E-state index >= 15 is 0 Å². The van der Waals surface area contributed by atoms with E-state index in [0.717, 1.165) is 12.1 Å². The Morgan fingerprint density at radius 1 is 1.05 bits per heavy atom. The molecule has 0 fully saturated rings. The first-order valence-electron chi connectivity index (χ1n) is 6.28. The second kappa shape index (κ2) is 5.21. The minimum absolute atomic E-state index is 0.104. The van der Waals surface area contributed by atoms with Gasteiger partial charge in [0.05, 0.1) is 30.0 Å². The number of halogens is 3. The molecule has 1 aromatic heterocycles. The topological polar surface area (TPSA) is 38.0 Å². The summed E-state index contributed by atoms with van der Waals surface area (Å²) in [5.74, 6) is -2.33. The summed E-state index contributed by atoms with van der Waals surface area (Å²) < 4.78 is 40.8. The van der Waals surface area contributed by atoms with Crippen LogP contribution < -0.4 is 0 Å². The Kier molecular flexibility index (Phi) is 3.39. The van der Waals surface area contributed by atoms with Gasteiger partial charge in [0.25, 0.3) is 0 Å². The fourth-order valence-corrected chi connectivity index (χ4v) is 2.18. The maximum Gasteiger partial charge on any atom is 0.161 e. The predicted molar refractivity (Wildman–Crippen MR) is 71.0 cm³/mol. The summed E-state index contributed by atoms with van der Waals surface area (Å²) in [5, 5.41) is 10.1. The molecule has 0 saturated carbocycles. The second-order valence-electron chi connectivity index (χ2n) is 4.72. The zero-order chi connectivity index (χ0) is 15.0. The van der Waals surface area contributed by atoms with Gasteiger partial charge in [-0.2, -0.15) is 0 Å². The molecule has 3 nitrogen and oxygen atoms in total. The van der Waals surface area contributed by atoms with Crippen LogP contribution in [0.2, 0.25) is 0 Å². The first-order chi connectivity index (χ1) is 10.0. The lowest BCUT2D eigenvalue weighted by molar-refractivity contribution is 0.158. The highest BCUT2D eigenvalue weighted by atomic mass is 19.2. The fourth-order valence-electron chi connectivity index (χ4n) is 2.18. The summed E-state index contributed by atoms with van der Waals surface area (Å²) in [6.45, 7) is 0.104. The summed E-state index contributed by atoms with van der Waals surface area (Å²) in [6.07, 6.45) is 0.493. The highest BCUT2D eigenvalue weighted by molar-refractivity contribution is 5.75. The SMILES string of the molecule is O[C@H](Cn1cnc2cc(F)c(F)cc21)c1ccc(F)cc1. The molecule has 1 N–H and O–H groups in total. The maximum atomic E-state index is 13.3. The van der Waals surface area contributed by atoms with Crippen LogP contribution in [0.4, 0.5) is 13.2 Å². The van der Waals surface area contributed by atoms with Crippen molar-refractivity contribution < 1.29 is 18.3 Å². The van der Waals surface area contributed by atoms with Crippen LogP contribution in [0.25, 0.3) is 11.0 Å². The molecule has 0 saturated heterocycles. The Morgan fingerprint density at radius 3 is 2.43 bits per heavy atom. The lowest BCUT2D eigenvalue weighted by Crippen LogP contribution is -2.08. The molecule has 0 amide bonds. The van der Waals surface area contributed by atoms with E-state index in [4.69, 9.17) is 0 Å². The molecule has 6 heteroatoms. The van der Waals surface area contributed by atoms with E-state index in [1.54, 1.807) is 0 Å². The minimum atomic E-state index is -0.972. The summed E-state index contributed by atoms with van der Waals surface area (Å²) in [7, 11) is 0. The number of benzene rings is 2. The Hall–Kier alpha value is -2.34. The van der Waals surface area contributed by atoms with Gasteiger partial charge in [-0.3, -0.25) is 0 Å². The highest BCUT2D eigenvalue weighted by Gasteiger charge is 2.13. The third kappa shape index (κ3) is 2.62. The van der Waals surface area contributed by atoms with E-state index in [1.165, 1.54) is 35.2 Å². The van der Waals surface area contributed by atoms with E-state index in [2.05, 4.69) is 4.98 Å². The van der Waals surface area contributed by atoms with Gasteiger partial charge >= 0.3 is 0 Å². The maximum absolute atomic E-state index is 13.3. The molecular weight excluding hydrogens is 281 g/mol. The van der Waals surface area contributed by atoms with Crippen molar-refractivity contribution in [2.45, 2.75) is 12.6 Å². The van der Waals surface area contributed by atoms with Gasteiger partial charge in [0.15, 0.2) is 11.6 Å². The second-order valence-corrected chi connectivity index (χ2v) is 4.72. The van der Waals surface area contributed by atoms with Crippen LogP contribution in [0.1, 0.15) is 11.7 Å². The van der Waals surface area contributed by atoms with Crippen molar-refractivity contribution in [2.75, 3.05) is 0 Å². The summed E-state index contributed by atoms with van der Waals surface area (Å²) in [5.41, 5.74) is 1.22. The largest absolute Gasteiger partial charge is 0.387 e. The van der Waals surface area contributed by atoms with Crippen molar-refractivity contribution in [1.29, 1.82) is 0 Å². The molecule has 0 unspecified atom stereocenters. The Balaban J connectivity index is 1.91. The van der Waals surface area contributed by atoms with Crippen molar-refractivity contribution in [1.82, 2.24) is 9.55 Å². The minimum Gasteiger partial charge on any atom is -0.387 e. The molecule has 2 aromatic carbocycles. The van der Waals surface area contributed by atoms with Gasteiger partial charge in [-0.1, -0.05) is 12.1 Å². The van der Waals surface area contributed by atoms with Gasteiger partial charge in [-0.05, 0) is 17.7 Å². The number of aliphatic hydroxyl groups excluding tert-OH is 1. The zero-order valence-electron chi connectivity index (χ0n) is 10.8. The van der Waals surface area contributed by atoms with E-state index in [-0.39, 0.29) is 6.54 Å². The molecule has 108 valence electrons. The van der Waals surface area contributed by atoms with Crippen molar-refractivity contribution in [3.63, 3.8) is 0 Å². The molecule has 0 aliphatic carbocycles. The molecule has 0 radical (unpaired) electrons. The smallest absolute Gasteiger partial charge is 0.161 e. The first-order valence-corrected chi connectivity index (χ1v) is 6.28. The first kappa shape index (κ1) is 13.6. The number of hydrogen-bond donors (Lipinski definition) is 1. The third-order valence-electron chi connectivity index (χ3n) is 3.29. The van der Waals surface area contributed by atoms with Crippen molar-refractivity contribution in [3.05, 3.63) is 65.7 Å². The number of fused-ring (bicyclic) bond motifs is 1. The molecule has 1 heterocycles. The summed E-state index contributed by atoms with van der Waals surface area (Å²) >= 11 is 0. The fraction of sp³-hybridized carbons (Fsp3) is 0.133. The van der Waals surface area contributed by atoms with E-state index in [9.17, 15) is 18.3 Å². The van der Waals surface area contributed by atoms with E-state index < -0.39 is 23.6 Å². The van der Waals surface area contributed by atoms with Gasteiger partial charge in [0, 0.05) is 12.1 Å². The van der Waals surface area contributed by atoms with Gasteiger partial charge in [-0.15, -0.1) is 0 Å². The number of aromatic nitrogens is 2. The average molecular weight is 292 g/mol. The predicted octanol–water partition coefficient (Wildman–Crippen LogP) is 3.19. The van der Waals surface area contributed by atoms with Gasteiger partial charge in [-0.25, -0.2) is 18.2 Å². The number of aliphatic hydroxyl groups is 1. The Bertz CT molecular complexity index is 783. The van der Waals surface area contributed by atoms with Crippen LogP contribution in [-0.2, 0) is 6.54 Å². The number of rotatable bonds is 3. The molecular formula is C15H11F3N2O. The summed E-state index contributed by atoms with van der Waals surface area (Å²) in [4.78, 5) is 3.97. The van der Waals surface area contributed by atoms with Crippen molar-refractivity contribution in [2.24, 2.45) is 0 Å². The van der Waals surface area contributed by atoms with Crippen LogP contribution in [0.5, 0.6) is 0 Å². The average Bonchev–Trinajstić information content (AvgIpc) is 2.82. The van der Waals surface area contributed by atoms with Gasteiger partial charge in [0.1, 0.15) is 5.82 Å². The third-order valence-corrected chi connectivity index (χ3v) is 3.29. The number of hydrogen-bond acceptors (Lipinski definition) is 2. The molecule has 0 bridgehead atoms. The quantitative estimate of drug-likeness (QED) is 0.805. The molecule has 21 heavy (non-hydrogen) atoms. The molecule has 0 spiro atoms. The lowest BCUT2D eigenvalue weighted by atomic mass is 10.1. The van der Waals surface area contributed by atoms with Gasteiger partial charge < -0.3 is 9.67 Å². The van der Waals surface area contributed by atoms with Gasteiger partial charge in [0.2, 0.25) is 0 Å². The van der Waals surface area contributed by atoms with Crippen molar-refractivity contribution >= 4 is 11.0 Å². The van der Waals surface area contributed by atoms with Crippen LogP contribution in [0.3, 0.4) is 0 Å². The monoisotopic (exact) mass is 292 g/mol. The zero-order valence-corrected chi connectivity index (χ0v) is 10.8. The normalized spacial score (nSPS) is 12.8. The Labute approximate surface area is 118 Å².